The fourth-order valence-electron chi connectivity index (χ4n) is 2.49. The topological polar surface area (TPSA) is 63.1 Å². The maximum Gasteiger partial charge on any atom is 0.338 e. The van der Waals surface area contributed by atoms with Gasteiger partial charge in [0.2, 0.25) is 0 Å². The molecule has 1 aliphatic rings. The van der Waals surface area contributed by atoms with Crippen LogP contribution in [0.2, 0.25) is 0 Å². The molecule has 0 unspecified atom stereocenters. The Morgan fingerprint density at radius 2 is 1.88 bits per heavy atom. The first-order valence-corrected chi connectivity index (χ1v) is 6.26. The molecule has 1 N–H and O–H groups in total. The van der Waals surface area contributed by atoms with Crippen LogP contribution in [0.15, 0.2) is 12.4 Å². The van der Waals surface area contributed by atoms with E-state index in [0.29, 0.717) is 5.92 Å². The van der Waals surface area contributed by atoms with E-state index >= 15 is 0 Å². The van der Waals surface area contributed by atoms with Gasteiger partial charge >= 0.3 is 5.97 Å². The number of aromatic carboxylic acids is 1. The molecule has 1 saturated carbocycles. The van der Waals surface area contributed by atoms with Crippen molar-refractivity contribution in [3.8, 4) is 0 Å². The Morgan fingerprint density at radius 1 is 1.29 bits per heavy atom. The molecule has 1 fully saturated rings. The fraction of sp³-hybridized carbons (Fsp3) is 0.615. The maximum atomic E-state index is 10.7. The van der Waals surface area contributed by atoms with Gasteiger partial charge in [-0.1, -0.05) is 13.3 Å². The Kier molecular flexibility index (Phi) is 3.71. The molecule has 0 bridgehead atoms. The standard InChI is InChI=1S/C13H18N2O2/c1-2-9-3-5-10(6-4-9)12-14-7-11(8-15-12)13(16)17/h7-10H,2-6H2,1H3,(H,16,17). The number of carboxylic acid groups (broad SMARTS) is 1. The van der Waals surface area contributed by atoms with E-state index in [2.05, 4.69) is 16.9 Å². The van der Waals surface area contributed by atoms with Gasteiger partial charge in [-0.2, -0.15) is 0 Å². The zero-order valence-corrected chi connectivity index (χ0v) is 10.1. The summed E-state index contributed by atoms with van der Waals surface area (Å²) in [7, 11) is 0. The zero-order valence-electron chi connectivity index (χ0n) is 10.1. The first kappa shape index (κ1) is 12.0. The molecule has 17 heavy (non-hydrogen) atoms. The number of carboxylic acids is 1. The molecule has 0 amide bonds. The van der Waals surface area contributed by atoms with Gasteiger partial charge < -0.3 is 5.11 Å². The molecule has 0 aliphatic heterocycles. The zero-order chi connectivity index (χ0) is 12.3. The van der Waals surface area contributed by atoms with Crippen LogP contribution in [0.4, 0.5) is 0 Å². The van der Waals surface area contributed by atoms with Gasteiger partial charge in [-0.15, -0.1) is 0 Å². The van der Waals surface area contributed by atoms with Crippen molar-refractivity contribution in [2.75, 3.05) is 0 Å². The Bertz CT molecular complexity index is 381. The Morgan fingerprint density at radius 3 is 2.35 bits per heavy atom. The van der Waals surface area contributed by atoms with E-state index in [4.69, 9.17) is 5.11 Å². The molecule has 1 aromatic heterocycles. The molecule has 0 aromatic carbocycles. The van der Waals surface area contributed by atoms with Gasteiger partial charge in [-0.25, -0.2) is 14.8 Å². The fourth-order valence-corrected chi connectivity index (χ4v) is 2.49. The molecule has 0 spiro atoms. The van der Waals surface area contributed by atoms with Crippen molar-refractivity contribution in [1.82, 2.24) is 9.97 Å². The van der Waals surface area contributed by atoms with E-state index in [-0.39, 0.29) is 5.56 Å². The Balaban J connectivity index is 2.01. The molecule has 1 aromatic rings. The van der Waals surface area contributed by atoms with Crippen molar-refractivity contribution in [1.29, 1.82) is 0 Å². The summed E-state index contributed by atoms with van der Waals surface area (Å²) in [6.07, 6.45) is 8.82. The predicted octanol–water partition coefficient (Wildman–Crippen LogP) is 2.86. The van der Waals surface area contributed by atoms with Gasteiger partial charge in [0.05, 0.1) is 5.56 Å². The molecular weight excluding hydrogens is 216 g/mol. The highest BCUT2D eigenvalue weighted by Crippen LogP contribution is 2.35. The molecule has 2 rings (SSSR count). The van der Waals surface area contributed by atoms with Crippen LogP contribution in [-0.2, 0) is 0 Å². The molecule has 1 aliphatic carbocycles. The lowest BCUT2D eigenvalue weighted by molar-refractivity contribution is 0.0696. The van der Waals surface area contributed by atoms with Crippen molar-refractivity contribution in [2.45, 2.75) is 44.9 Å². The summed E-state index contributed by atoms with van der Waals surface area (Å²) in [6.45, 7) is 2.24. The van der Waals surface area contributed by atoms with E-state index in [1.54, 1.807) is 0 Å². The summed E-state index contributed by atoms with van der Waals surface area (Å²) in [5.74, 6) is 1.11. The Labute approximate surface area is 101 Å². The van der Waals surface area contributed by atoms with E-state index in [1.165, 1.54) is 31.7 Å². The minimum absolute atomic E-state index is 0.163. The van der Waals surface area contributed by atoms with Gasteiger partial charge in [-0.3, -0.25) is 0 Å². The van der Waals surface area contributed by atoms with Crippen LogP contribution in [-0.4, -0.2) is 21.0 Å². The number of hydrogen-bond acceptors (Lipinski definition) is 3. The normalized spacial score (nSPS) is 24.5. The van der Waals surface area contributed by atoms with E-state index in [1.807, 2.05) is 0 Å². The van der Waals surface area contributed by atoms with Crippen LogP contribution < -0.4 is 0 Å². The first-order valence-electron chi connectivity index (χ1n) is 6.26. The molecular formula is C13H18N2O2. The molecule has 0 radical (unpaired) electrons. The highest BCUT2D eigenvalue weighted by Gasteiger charge is 2.23. The van der Waals surface area contributed by atoms with Crippen molar-refractivity contribution in [2.24, 2.45) is 5.92 Å². The third kappa shape index (κ3) is 2.81. The summed E-state index contributed by atoms with van der Waals surface area (Å²) < 4.78 is 0. The first-order chi connectivity index (χ1) is 8.20. The van der Waals surface area contributed by atoms with Gasteiger partial charge in [-0.05, 0) is 31.6 Å². The lowest BCUT2D eigenvalue weighted by Crippen LogP contribution is -2.15. The minimum Gasteiger partial charge on any atom is -0.478 e. The summed E-state index contributed by atoms with van der Waals surface area (Å²) in [6, 6.07) is 0. The molecule has 0 saturated heterocycles. The molecule has 0 atom stereocenters. The van der Waals surface area contributed by atoms with Crippen LogP contribution in [0.3, 0.4) is 0 Å². The number of nitrogens with zero attached hydrogens (tertiary/aromatic N) is 2. The smallest absolute Gasteiger partial charge is 0.338 e. The van der Waals surface area contributed by atoms with Crippen LogP contribution in [0.1, 0.15) is 61.1 Å². The van der Waals surface area contributed by atoms with Crippen LogP contribution in [0.5, 0.6) is 0 Å². The molecule has 92 valence electrons. The number of aromatic nitrogens is 2. The van der Waals surface area contributed by atoms with Gasteiger partial charge in [0, 0.05) is 18.3 Å². The second kappa shape index (κ2) is 5.25. The predicted molar refractivity (Wildman–Crippen MR) is 64.0 cm³/mol. The average molecular weight is 234 g/mol. The quantitative estimate of drug-likeness (QED) is 0.873. The maximum absolute atomic E-state index is 10.7. The number of hydrogen-bond donors (Lipinski definition) is 1. The van der Waals surface area contributed by atoms with Crippen LogP contribution >= 0.6 is 0 Å². The molecule has 4 nitrogen and oxygen atoms in total. The Hall–Kier alpha value is -1.45. The average Bonchev–Trinajstić information content (AvgIpc) is 2.39. The highest BCUT2D eigenvalue weighted by atomic mass is 16.4. The van der Waals surface area contributed by atoms with Crippen LogP contribution in [0, 0.1) is 5.92 Å². The summed E-state index contributed by atoms with van der Waals surface area (Å²) in [4.78, 5) is 19.1. The van der Waals surface area contributed by atoms with Gasteiger partial charge in [0.25, 0.3) is 0 Å². The van der Waals surface area contributed by atoms with E-state index < -0.39 is 5.97 Å². The summed E-state index contributed by atoms with van der Waals surface area (Å²) >= 11 is 0. The highest BCUT2D eigenvalue weighted by molar-refractivity contribution is 5.86. The number of carbonyl (C=O) groups is 1. The second-order valence-corrected chi connectivity index (χ2v) is 4.76. The van der Waals surface area contributed by atoms with Crippen molar-refractivity contribution < 1.29 is 9.90 Å². The largest absolute Gasteiger partial charge is 0.478 e. The summed E-state index contributed by atoms with van der Waals surface area (Å²) in [5, 5.41) is 8.77. The van der Waals surface area contributed by atoms with Crippen molar-refractivity contribution in [3.05, 3.63) is 23.8 Å². The molecule has 1 heterocycles. The van der Waals surface area contributed by atoms with E-state index in [9.17, 15) is 4.79 Å². The summed E-state index contributed by atoms with van der Waals surface area (Å²) in [5.41, 5.74) is 0.163. The second-order valence-electron chi connectivity index (χ2n) is 4.76. The van der Waals surface area contributed by atoms with Gasteiger partial charge in [0.15, 0.2) is 0 Å². The number of rotatable bonds is 3. The third-order valence-electron chi connectivity index (χ3n) is 3.71. The van der Waals surface area contributed by atoms with Crippen molar-refractivity contribution >= 4 is 5.97 Å². The monoisotopic (exact) mass is 234 g/mol. The SMILES string of the molecule is CCC1CCC(c2ncc(C(=O)O)cn2)CC1. The van der Waals surface area contributed by atoms with Gasteiger partial charge in [0.1, 0.15) is 5.82 Å². The lowest BCUT2D eigenvalue weighted by Gasteiger charge is -2.26. The van der Waals surface area contributed by atoms with Crippen molar-refractivity contribution in [3.63, 3.8) is 0 Å². The molecule has 4 heteroatoms. The van der Waals surface area contributed by atoms with E-state index in [0.717, 1.165) is 24.6 Å². The van der Waals surface area contributed by atoms with Crippen LogP contribution in [0.25, 0.3) is 0 Å². The third-order valence-corrected chi connectivity index (χ3v) is 3.71. The minimum atomic E-state index is -0.966. The lowest BCUT2D eigenvalue weighted by atomic mass is 9.80.